The van der Waals surface area contributed by atoms with Crippen LogP contribution in [-0.4, -0.2) is 22.8 Å². The molecular formula is C44H52O4. The summed E-state index contributed by atoms with van der Waals surface area (Å²) in [6.07, 6.45) is 10.1. The van der Waals surface area contributed by atoms with Gasteiger partial charge in [-0.3, -0.25) is 9.59 Å². The van der Waals surface area contributed by atoms with Crippen molar-refractivity contribution in [2.45, 2.75) is 131 Å². The summed E-state index contributed by atoms with van der Waals surface area (Å²) in [7, 11) is 0. The monoisotopic (exact) mass is 644 g/mol. The number of Topliss-reactive ketones (excluding diaryl/α,β-unsaturated/α-hetero) is 2. The standard InChI is InChI=1S/C44H52O4/c1-39(2,3)31-15-25-13-27-17-33(41(7,8)9)24-44(37(27)45)22-30-20-32(40(4,5)6)16-26(36(30)48-44)14-28-18-34(42(10,11)12)23-43(38(28)46)21-29(19-31)35(25)47-43/h15-20,23-24H,13-14,21-22H2,1-12H3/t43-,44-/m0/s1. The van der Waals surface area contributed by atoms with Gasteiger partial charge in [0.15, 0.2) is 11.2 Å². The summed E-state index contributed by atoms with van der Waals surface area (Å²) >= 11 is 0. The van der Waals surface area contributed by atoms with Crippen molar-refractivity contribution in [1.29, 1.82) is 0 Å². The Kier molecular flexibility index (Phi) is 6.82. The van der Waals surface area contributed by atoms with Crippen LogP contribution >= 0.6 is 0 Å². The molecular weight excluding hydrogens is 592 g/mol. The Morgan fingerprint density at radius 1 is 0.500 bits per heavy atom. The van der Waals surface area contributed by atoms with Gasteiger partial charge in [-0.15, -0.1) is 0 Å². The zero-order chi connectivity index (χ0) is 35.0. The minimum atomic E-state index is -1.14. The van der Waals surface area contributed by atoms with Crippen molar-refractivity contribution >= 4 is 11.6 Å². The number of hydrogen-bond acceptors (Lipinski definition) is 4. The fourth-order valence-electron chi connectivity index (χ4n) is 7.88. The molecule has 2 aliphatic carbocycles. The molecule has 0 fully saturated rings. The lowest BCUT2D eigenvalue weighted by Gasteiger charge is -2.35. The molecule has 3 aliphatic heterocycles. The van der Waals surface area contributed by atoms with Gasteiger partial charge in [-0.1, -0.05) is 120 Å². The predicted molar refractivity (Wildman–Crippen MR) is 193 cm³/mol. The lowest BCUT2D eigenvalue weighted by Crippen LogP contribution is -2.46. The second-order valence-corrected chi connectivity index (χ2v) is 19.1. The molecule has 7 rings (SSSR count). The van der Waals surface area contributed by atoms with E-state index in [9.17, 15) is 9.59 Å². The molecule has 0 radical (unpaired) electrons. The molecule has 2 aromatic carbocycles. The van der Waals surface area contributed by atoms with Crippen molar-refractivity contribution in [3.05, 3.63) is 104 Å². The highest BCUT2D eigenvalue weighted by Crippen LogP contribution is 2.51. The van der Waals surface area contributed by atoms with Gasteiger partial charge in [0.1, 0.15) is 11.5 Å². The van der Waals surface area contributed by atoms with E-state index >= 15 is 0 Å². The van der Waals surface area contributed by atoms with Crippen molar-refractivity contribution in [2.24, 2.45) is 10.8 Å². The average Bonchev–Trinajstić information content (AvgIpc) is 3.50. The Balaban J connectivity index is 1.53. The highest BCUT2D eigenvalue weighted by Gasteiger charge is 2.53. The van der Waals surface area contributed by atoms with E-state index in [0.29, 0.717) is 25.7 Å². The number of rotatable bonds is 0. The van der Waals surface area contributed by atoms with Crippen LogP contribution in [0.3, 0.4) is 0 Å². The van der Waals surface area contributed by atoms with Crippen LogP contribution in [0.25, 0.3) is 0 Å². The summed E-state index contributed by atoms with van der Waals surface area (Å²) in [4.78, 5) is 29.8. The van der Waals surface area contributed by atoms with E-state index in [-0.39, 0.29) is 33.2 Å². The number of fused-ring (bicyclic) bond motifs is 2. The maximum Gasteiger partial charge on any atom is 0.207 e. The fourth-order valence-corrected chi connectivity index (χ4v) is 7.88. The Labute approximate surface area is 287 Å². The molecule has 0 unspecified atom stereocenters. The molecule has 2 spiro atoms. The van der Waals surface area contributed by atoms with Crippen LogP contribution in [0.2, 0.25) is 0 Å². The number of carbonyl (C=O) groups is 2. The number of carbonyl (C=O) groups excluding carboxylic acids is 2. The van der Waals surface area contributed by atoms with Crippen LogP contribution in [0.4, 0.5) is 0 Å². The number of ether oxygens (including phenoxy) is 2. The SMILES string of the molecule is CC(C)(C)C1=C[C@]23Cc4cc(C(C)(C)C)cc(c4O2)CC2=CC(C(C)(C)C)=C[C@@]4(Cc5cc(C(C)(C)C)cc(c5O4)CC(=C1)C3=O)C2=O. The molecule has 2 atom stereocenters. The Hall–Kier alpha value is -3.66. The average molecular weight is 645 g/mol. The molecule has 252 valence electrons. The number of benzene rings is 2. The minimum Gasteiger partial charge on any atom is -0.474 e. The van der Waals surface area contributed by atoms with Crippen LogP contribution in [-0.2, 0) is 46.1 Å². The summed E-state index contributed by atoms with van der Waals surface area (Å²) < 4.78 is 14.0. The van der Waals surface area contributed by atoms with Gasteiger partial charge in [0.25, 0.3) is 0 Å². The molecule has 4 heteroatoms. The van der Waals surface area contributed by atoms with Gasteiger partial charge in [-0.2, -0.15) is 0 Å². The van der Waals surface area contributed by atoms with Crippen molar-refractivity contribution in [2.75, 3.05) is 0 Å². The lowest BCUT2D eigenvalue weighted by molar-refractivity contribution is -0.127. The first-order valence-corrected chi connectivity index (χ1v) is 17.7. The second kappa shape index (κ2) is 9.96. The van der Waals surface area contributed by atoms with Crippen molar-refractivity contribution in [3.63, 3.8) is 0 Å². The number of allylic oxidation sites excluding steroid dienone is 4. The van der Waals surface area contributed by atoms with Crippen molar-refractivity contribution in [1.82, 2.24) is 0 Å². The van der Waals surface area contributed by atoms with Gasteiger partial charge >= 0.3 is 0 Å². The van der Waals surface area contributed by atoms with Crippen LogP contribution in [0.5, 0.6) is 11.5 Å². The highest BCUT2D eigenvalue weighted by molar-refractivity contribution is 6.08. The zero-order valence-electron chi connectivity index (χ0n) is 31.1. The molecule has 0 aromatic heterocycles. The minimum absolute atomic E-state index is 0.0139. The van der Waals surface area contributed by atoms with Gasteiger partial charge in [0, 0.05) is 36.8 Å². The topological polar surface area (TPSA) is 52.6 Å². The van der Waals surface area contributed by atoms with E-state index in [1.165, 1.54) is 11.1 Å². The summed E-state index contributed by atoms with van der Waals surface area (Å²) in [5.41, 5.74) is 7.06. The molecule has 0 amide bonds. The first-order chi connectivity index (χ1) is 22.0. The van der Waals surface area contributed by atoms with Crippen LogP contribution < -0.4 is 9.47 Å². The summed E-state index contributed by atoms with van der Waals surface area (Å²) in [6, 6.07) is 8.87. The van der Waals surface area contributed by atoms with E-state index in [4.69, 9.17) is 9.47 Å². The first kappa shape index (κ1) is 32.9. The number of hydrogen-bond donors (Lipinski definition) is 0. The van der Waals surface area contributed by atoms with Crippen LogP contribution in [0, 0.1) is 10.8 Å². The molecule has 48 heavy (non-hydrogen) atoms. The third kappa shape index (κ3) is 5.17. The Morgan fingerprint density at radius 2 is 0.833 bits per heavy atom. The summed E-state index contributed by atoms with van der Waals surface area (Å²) in [5.74, 6) is 1.52. The summed E-state index contributed by atoms with van der Waals surface area (Å²) in [6.45, 7) is 26.5. The maximum atomic E-state index is 14.9. The molecule has 2 aromatic rings. The Bertz CT molecular complexity index is 1790. The quantitative estimate of drug-likeness (QED) is 0.287. The third-order valence-corrected chi connectivity index (χ3v) is 11.0. The number of ketones is 2. The molecule has 4 nitrogen and oxygen atoms in total. The van der Waals surface area contributed by atoms with Gasteiger partial charge in [-0.05, 0) is 78.3 Å². The largest absolute Gasteiger partial charge is 0.474 e. The fraction of sp³-hybridized carbons (Fsp3) is 0.500. The molecule has 5 aliphatic rings. The normalized spacial score (nSPS) is 25.0. The van der Waals surface area contributed by atoms with E-state index in [2.05, 4.69) is 132 Å². The third-order valence-electron chi connectivity index (χ3n) is 11.0. The van der Waals surface area contributed by atoms with Gasteiger partial charge < -0.3 is 9.47 Å². The van der Waals surface area contributed by atoms with Crippen molar-refractivity contribution < 1.29 is 19.1 Å². The zero-order valence-corrected chi connectivity index (χ0v) is 31.1. The molecule has 3 heterocycles. The molecule has 0 saturated carbocycles. The smallest absolute Gasteiger partial charge is 0.207 e. The first-order valence-electron chi connectivity index (χ1n) is 17.7. The van der Waals surface area contributed by atoms with E-state index in [1.807, 2.05) is 0 Å². The van der Waals surface area contributed by atoms with Crippen LogP contribution in [0.1, 0.15) is 116 Å². The van der Waals surface area contributed by atoms with E-state index in [0.717, 1.165) is 56.0 Å². The van der Waals surface area contributed by atoms with E-state index in [1.54, 1.807) is 0 Å². The highest BCUT2D eigenvalue weighted by atomic mass is 16.5. The van der Waals surface area contributed by atoms with Gasteiger partial charge in [-0.25, -0.2) is 0 Å². The summed E-state index contributed by atoms with van der Waals surface area (Å²) in [5, 5.41) is 0. The molecule has 0 saturated heterocycles. The molecule has 6 bridgehead atoms. The maximum absolute atomic E-state index is 14.9. The second-order valence-electron chi connectivity index (χ2n) is 19.1. The van der Waals surface area contributed by atoms with Crippen LogP contribution in [0.15, 0.2) is 70.9 Å². The Morgan fingerprint density at radius 3 is 1.15 bits per heavy atom. The predicted octanol–water partition coefficient (Wildman–Crippen LogP) is 9.39. The van der Waals surface area contributed by atoms with Gasteiger partial charge in [0.05, 0.1) is 0 Å². The van der Waals surface area contributed by atoms with Crippen molar-refractivity contribution in [3.8, 4) is 11.5 Å². The lowest BCUT2D eigenvalue weighted by atomic mass is 9.72. The van der Waals surface area contributed by atoms with E-state index < -0.39 is 11.2 Å². The van der Waals surface area contributed by atoms with Gasteiger partial charge in [0.2, 0.25) is 11.6 Å². The molecule has 0 N–H and O–H groups in total.